The van der Waals surface area contributed by atoms with E-state index in [2.05, 4.69) is 0 Å². The number of hydrogen-bond acceptors (Lipinski definition) is 4. The van der Waals surface area contributed by atoms with Gasteiger partial charge in [-0.1, -0.05) is 6.07 Å². The van der Waals surface area contributed by atoms with Gasteiger partial charge in [-0.15, -0.1) is 0 Å². The first-order valence-corrected chi connectivity index (χ1v) is 6.86. The Balaban J connectivity index is 2.45. The summed E-state index contributed by atoms with van der Waals surface area (Å²) >= 11 is 0. The molecule has 1 aromatic rings. The highest BCUT2D eigenvalue weighted by atomic mass is 32.2. The Bertz CT molecular complexity index is 570. The molecule has 0 amide bonds. The Morgan fingerprint density at radius 2 is 2.06 bits per heavy atom. The van der Waals surface area contributed by atoms with Gasteiger partial charge >= 0.3 is 0 Å². The van der Waals surface area contributed by atoms with Crippen molar-refractivity contribution in [3.8, 4) is 5.75 Å². The zero-order valence-corrected chi connectivity index (χ0v) is 10.5. The predicted molar refractivity (Wildman–Crippen MR) is 64.4 cm³/mol. The number of phenols is 1. The molecule has 2 rings (SSSR count). The van der Waals surface area contributed by atoms with E-state index in [-0.39, 0.29) is 23.4 Å². The van der Waals surface area contributed by atoms with E-state index < -0.39 is 9.84 Å². The van der Waals surface area contributed by atoms with Crippen LogP contribution in [-0.4, -0.2) is 26.2 Å². The van der Waals surface area contributed by atoms with Gasteiger partial charge in [0.05, 0.1) is 17.6 Å². The van der Waals surface area contributed by atoms with Crippen molar-refractivity contribution < 1.29 is 18.3 Å². The fourth-order valence-corrected chi connectivity index (χ4v) is 3.23. The van der Waals surface area contributed by atoms with Gasteiger partial charge in [0.1, 0.15) is 5.75 Å². The van der Waals surface area contributed by atoms with Crippen molar-refractivity contribution in [3.05, 3.63) is 29.2 Å². The van der Waals surface area contributed by atoms with Crippen LogP contribution in [0.3, 0.4) is 0 Å². The third kappa shape index (κ3) is 2.21. The van der Waals surface area contributed by atoms with Crippen molar-refractivity contribution in [1.29, 1.82) is 0 Å². The van der Waals surface area contributed by atoms with Crippen molar-refractivity contribution in [3.63, 3.8) is 0 Å². The Morgan fingerprint density at radius 3 is 2.71 bits per heavy atom. The lowest BCUT2D eigenvalue weighted by atomic mass is 10.1. The number of benzene rings is 1. The third-order valence-electron chi connectivity index (χ3n) is 2.50. The highest BCUT2D eigenvalue weighted by molar-refractivity contribution is 7.95. The van der Waals surface area contributed by atoms with Crippen molar-refractivity contribution >= 4 is 15.4 Å². The van der Waals surface area contributed by atoms with E-state index in [9.17, 15) is 13.5 Å². The largest absolute Gasteiger partial charge is 0.507 e. The number of rotatable bonds is 3. The summed E-state index contributed by atoms with van der Waals surface area (Å²) in [5, 5.41) is 10.9. The van der Waals surface area contributed by atoms with Crippen molar-refractivity contribution in [2.45, 2.75) is 24.8 Å². The highest BCUT2D eigenvalue weighted by Crippen LogP contribution is 2.38. The number of aromatic hydroxyl groups is 1. The standard InChI is InChI=1S/C12H14O4S/c1-8(2)16-6-9-7-17(14,15)11-5-3-4-10(13)12(9)11/h3-5,7-8,13H,6H2,1-2H3. The summed E-state index contributed by atoms with van der Waals surface area (Å²) in [6.07, 6.45) is 0.00788. The molecule has 1 N–H and O–H groups in total. The van der Waals surface area contributed by atoms with E-state index in [4.69, 9.17) is 4.74 Å². The van der Waals surface area contributed by atoms with Gasteiger partial charge in [0.2, 0.25) is 9.84 Å². The molecule has 0 radical (unpaired) electrons. The second kappa shape index (κ2) is 4.16. The first-order chi connectivity index (χ1) is 7.92. The molecule has 0 aromatic heterocycles. The molecule has 17 heavy (non-hydrogen) atoms. The number of phenolic OH excluding ortho intramolecular Hbond substituents is 1. The Hall–Kier alpha value is -1.33. The van der Waals surface area contributed by atoms with Crippen molar-refractivity contribution in [2.24, 2.45) is 0 Å². The van der Waals surface area contributed by atoms with Gasteiger partial charge in [0, 0.05) is 16.5 Å². The van der Waals surface area contributed by atoms with Gasteiger partial charge in [0.15, 0.2) is 0 Å². The van der Waals surface area contributed by atoms with Gasteiger partial charge in [-0.3, -0.25) is 0 Å². The quantitative estimate of drug-likeness (QED) is 0.895. The van der Waals surface area contributed by atoms with Crippen molar-refractivity contribution in [2.75, 3.05) is 6.61 Å². The first-order valence-electron chi connectivity index (χ1n) is 5.31. The summed E-state index contributed by atoms with van der Waals surface area (Å²) < 4.78 is 29.0. The Labute approximate surface area is 100 Å². The molecule has 0 aliphatic carbocycles. The second-order valence-corrected chi connectivity index (χ2v) is 5.96. The van der Waals surface area contributed by atoms with Crippen LogP contribution in [0.15, 0.2) is 28.5 Å². The van der Waals surface area contributed by atoms with Gasteiger partial charge in [-0.05, 0) is 26.0 Å². The number of sulfone groups is 1. The third-order valence-corrected chi connectivity index (χ3v) is 4.05. The highest BCUT2D eigenvalue weighted by Gasteiger charge is 2.29. The van der Waals surface area contributed by atoms with E-state index in [0.717, 1.165) is 0 Å². The maximum absolute atomic E-state index is 11.8. The van der Waals surface area contributed by atoms with Crippen LogP contribution in [0.5, 0.6) is 5.75 Å². The Kier molecular flexibility index (Phi) is 2.97. The van der Waals surface area contributed by atoms with Crippen LogP contribution in [0.2, 0.25) is 0 Å². The van der Waals surface area contributed by atoms with Crippen LogP contribution in [-0.2, 0) is 14.6 Å². The number of hydrogen-bond donors (Lipinski definition) is 1. The van der Waals surface area contributed by atoms with E-state index >= 15 is 0 Å². The molecule has 0 saturated heterocycles. The molecule has 5 heteroatoms. The van der Waals surface area contributed by atoms with Crippen LogP contribution in [0.1, 0.15) is 19.4 Å². The minimum Gasteiger partial charge on any atom is -0.507 e. The van der Waals surface area contributed by atoms with E-state index in [1.807, 2.05) is 13.8 Å². The van der Waals surface area contributed by atoms with Crippen LogP contribution in [0.25, 0.3) is 5.57 Å². The fourth-order valence-electron chi connectivity index (χ4n) is 1.75. The molecule has 0 bridgehead atoms. The van der Waals surface area contributed by atoms with Crippen LogP contribution < -0.4 is 0 Å². The molecule has 4 nitrogen and oxygen atoms in total. The molecule has 1 aromatic carbocycles. The topological polar surface area (TPSA) is 63.6 Å². The zero-order valence-electron chi connectivity index (χ0n) is 9.67. The van der Waals surface area contributed by atoms with E-state index in [0.29, 0.717) is 11.1 Å². The summed E-state index contributed by atoms with van der Waals surface area (Å²) in [5.41, 5.74) is 0.875. The summed E-state index contributed by atoms with van der Waals surface area (Å²) in [6.45, 7) is 3.92. The summed E-state index contributed by atoms with van der Waals surface area (Å²) in [6, 6.07) is 4.48. The van der Waals surface area contributed by atoms with Gasteiger partial charge in [-0.25, -0.2) is 8.42 Å². The number of fused-ring (bicyclic) bond motifs is 1. The average Bonchev–Trinajstić information content (AvgIpc) is 2.49. The van der Waals surface area contributed by atoms with E-state index in [1.165, 1.54) is 23.6 Å². The molecule has 0 fully saturated rings. The molecule has 1 aliphatic rings. The molecule has 1 heterocycles. The number of ether oxygens (including phenoxy) is 1. The lowest BCUT2D eigenvalue weighted by molar-refractivity contribution is 0.107. The van der Waals surface area contributed by atoms with Gasteiger partial charge in [-0.2, -0.15) is 0 Å². The van der Waals surface area contributed by atoms with Crippen LogP contribution in [0, 0.1) is 0 Å². The minimum absolute atomic E-state index is 0.00788. The Morgan fingerprint density at radius 1 is 1.35 bits per heavy atom. The monoisotopic (exact) mass is 254 g/mol. The van der Waals surface area contributed by atoms with Gasteiger partial charge in [0.25, 0.3) is 0 Å². The molecule has 0 spiro atoms. The maximum atomic E-state index is 11.8. The SMILES string of the molecule is CC(C)OCC1=CS(=O)(=O)c2cccc(O)c21. The second-order valence-electron chi connectivity index (χ2n) is 4.20. The molecule has 0 atom stereocenters. The molecule has 0 unspecified atom stereocenters. The summed E-state index contributed by atoms with van der Waals surface area (Å²) in [4.78, 5) is 0.153. The molecule has 92 valence electrons. The van der Waals surface area contributed by atoms with Gasteiger partial charge < -0.3 is 9.84 Å². The molecular weight excluding hydrogens is 240 g/mol. The normalized spacial score (nSPS) is 17.0. The first kappa shape index (κ1) is 12.1. The van der Waals surface area contributed by atoms with Crippen LogP contribution in [0.4, 0.5) is 0 Å². The van der Waals surface area contributed by atoms with Crippen LogP contribution >= 0.6 is 0 Å². The zero-order chi connectivity index (χ0) is 12.6. The minimum atomic E-state index is -3.43. The predicted octanol–water partition coefficient (Wildman–Crippen LogP) is 1.95. The molecule has 0 saturated carbocycles. The lowest BCUT2D eigenvalue weighted by Gasteiger charge is -2.09. The summed E-state index contributed by atoms with van der Waals surface area (Å²) in [5.74, 6) is -0.0258. The van der Waals surface area contributed by atoms with Crippen molar-refractivity contribution in [1.82, 2.24) is 0 Å². The molecule has 1 aliphatic heterocycles. The summed E-state index contributed by atoms with van der Waals surface area (Å²) in [7, 11) is -3.43. The van der Waals surface area contributed by atoms with E-state index in [1.54, 1.807) is 0 Å². The fraction of sp³-hybridized carbons (Fsp3) is 0.333. The average molecular weight is 254 g/mol. The molecular formula is C12H14O4S. The lowest BCUT2D eigenvalue weighted by Crippen LogP contribution is -2.04. The maximum Gasteiger partial charge on any atom is 0.200 e. The smallest absolute Gasteiger partial charge is 0.200 e.